The summed E-state index contributed by atoms with van der Waals surface area (Å²) in [5, 5.41) is 6.96. The Morgan fingerprint density at radius 3 is 2.63 bits per heavy atom. The molecule has 102 valence electrons. The van der Waals surface area contributed by atoms with Crippen molar-refractivity contribution in [1.29, 1.82) is 0 Å². The van der Waals surface area contributed by atoms with Crippen molar-refractivity contribution >= 4 is 57.1 Å². The summed E-state index contributed by atoms with van der Waals surface area (Å²) >= 11 is 16.2. The van der Waals surface area contributed by atoms with Crippen molar-refractivity contribution in [2.75, 3.05) is 6.54 Å². The summed E-state index contributed by atoms with van der Waals surface area (Å²) < 4.78 is 1.31. The van der Waals surface area contributed by atoms with Crippen LogP contribution in [0.2, 0.25) is 10.0 Å². The molecule has 1 atom stereocenters. The summed E-state index contributed by atoms with van der Waals surface area (Å²) in [6, 6.07) is 8.40. The fourth-order valence-electron chi connectivity index (χ4n) is 1.96. The van der Waals surface area contributed by atoms with Crippen molar-refractivity contribution in [3.63, 3.8) is 0 Å². The van der Waals surface area contributed by atoms with E-state index in [9.17, 15) is 0 Å². The van der Waals surface area contributed by atoms with E-state index in [-0.39, 0.29) is 0 Å². The number of halogens is 3. The van der Waals surface area contributed by atoms with E-state index in [1.54, 1.807) is 11.3 Å². The molecule has 0 aliphatic rings. The lowest BCUT2D eigenvalue weighted by Crippen LogP contribution is -2.22. The molecule has 0 spiro atoms. The molecule has 2 aromatic rings. The molecule has 0 amide bonds. The van der Waals surface area contributed by atoms with Gasteiger partial charge in [0, 0.05) is 6.04 Å². The molecule has 0 fully saturated rings. The average Bonchev–Trinajstić information content (AvgIpc) is 2.80. The quantitative estimate of drug-likeness (QED) is 0.619. The van der Waals surface area contributed by atoms with E-state index >= 15 is 0 Å². The van der Waals surface area contributed by atoms with Crippen LogP contribution in [-0.4, -0.2) is 6.54 Å². The first-order valence-electron chi connectivity index (χ1n) is 6.01. The standard InChI is InChI=1S/C14H14Cl2INS/c1-2-18-13(10-7-14(17)19-8-10)6-9-3-4-11(15)12(16)5-9/h3-5,7-8,13,18H,2,6H2,1H3. The van der Waals surface area contributed by atoms with Crippen LogP contribution in [0.3, 0.4) is 0 Å². The number of hydrogen-bond donors (Lipinski definition) is 1. The fourth-order valence-corrected chi connectivity index (χ4v) is 3.71. The Morgan fingerprint density at radius 1 is 1.26 bits per heavy atom. The molecule has 1 heterocycles. The maximum atomic E-state index is 6.07. The van der Waals surface area contributed by atoms with Gasteiger partial charge in [0.25, 0.3) is 0 Å². The highest BCUT2D eigenvalue weighted by molar-refractivity contribution is 14.1. The number of thiophene rings is 1. The predicted molar refractivity (Wildman–Crippen MR) is 93.6 cm³/mol. The SMILES string of the molecule is CCNC(Cc1ccc(Cl)c(Cl)c1)c1csc(I)c1. The van der Waals surface area contributed by atoms with Crippen LogP contribution in [0.5, 0.6) is 0 Å². The summed E-state index contributed by atoms with van der Waals surface area (Å²) in [6.45, 7) is 3.07. The topological polar surface area (TPSA) is 12.0 Å². The number of benzene rings is 1. The van der Waals surface area contributed by atoms with Crippen LogP contribution in [0.4, 0.5) is 0 Å². The van der Waals surface area contributed by atoms with Gasteiger partial charge in [-0.15, -0.1) is 11.3 Å². The second-order valence-electron chi connectivity index (χ2n) is 4.25. The molecule has 1 aromatic carbocycles. The van der Waals surface area contributed by atoms with Crippen molar-refractivity contribution in [2.45, 2.75) is 19.4 Å². The van der Waals surface area contributed by atoms with Gasteiger partial charge in [0.2, 0.25) is 0 Å². The molecule has 5 heteroatoms. The highest BCUT2D eigenvalue weighted by Gasteiger charge is 2.13. The first-order valence-corrected chi connectivity index (χ1v) is 8.72. The molecule has 0 saturated heterocycles. The van der Waals surface area contributed by atoms with Crippen molar-refractivity contribution in [3.05, 3.63) is 53.7 Å². The van der Waals surface area contributed by atoms with Crippen LogP contribution in [0.1, 0.15) is 24.1 Å². The Morgan fingerprint density at radius 2 is 2.05 bits per heavy atom. The number of likely N-dealkylation sites (N-methyl/N-ethyl adjacent to an activating group) is 1. The molecule has 1 N–H and O–H groups in total. The maximum Gasteiger partial charge on any atom is 0.0656 e. The van der Waals surface area contributed by atoms with E-state index in [0.29, 0.717) is 16.1 Å². The van der Waals surface area contributed by atoms with Gasteiger partial charge in [0.15, 0.2) is 0 Å². The number of rotatable bonds is 5. The van der Waals surface area contributed by atoms with E-state index < -0.39 is 0 Å². The van der Waals surface area contributed by atoms with Crippen LogP contribution in [-0.2, 0) is 6.42 Å². The largest absolute Gasteiger partial charge is 0.310 e. The van der Waals surface area contributed by atoms with Crippen molar-refractivity contribution in [3.8, 4) is 0 Å². The molecule has 0 bridgehead atoms. The summed E-state index contributed by atoms with van der Waals surface area (Å²) in [5.41, 5.74) is 2.53. The van der Waals surface area contributed by atoms with Crippen LogP contribution < -0.4 is 5.32 Å². The fraction of sp³-hybridized carbons (Fsp3) is 0.286. The second kappa shape index (κ2) is 7.27. The summed E-state index contributed by atoms with van der Waals surface area (Å²) in [5.74, 6) is 0. The zero-order valence-corrected chi connectivity index (χ0v) is 14.9. The Kier molecular flexibility index (Phi) is 5.96. The average molecular weight is 426 g/mol. The minimum absolute atomic E-state index is 0.321. The molecule has 1 aromatic heterocycles. The molecule has 0 radical (unpaired) electrons. The van der Waals surface area contributed by atoms with Crippen molar-refractivity contribution < 1.29 is 0 Å². The van der Waals surface area contributed by atoms with Gasteiger partial charge in [-0.2, -0.15) is 0 Å². The Labute approximate surface area is 141 Å². The minimum atomic E-state index is 0.321. The lowest BCUT2D eigenvalue weighted by atomic mass is 10.0. The Bertz CT molecular complexity index is 556. The van der Waals surface area contributed by atoms with E-state index in [0.717, 1.165) is 13.0 Å². The van der Waals surface area contributed by atoms with E-state index in [2.05, 4.69) is 46.3 Å². The Balaban J connectivity index is 2.18. The minimum Gasteiger partial charge on any atom is -0.310 e. The van der Waals surface area contributed by atoms with Gasteiger partial charge in [0.05, 0.1) is 12.9 Å². The zero-order valence-electron chi connectivity index (χ0n) is 10.4. The summed E-state index contributed by atoms with van der Waals surface area (Å²) in [6.07, 6.45) is 0.914. The highest BCUT2D eigenvalue weighted by atomic mass is 127. The highest BCUT2D eigenvalue weighted by Crippen LogP contribution is 2.28. The van der Waals surface area contributed by atoms with E-state index in [4.69, 9.17) is 23.2 Å². The molecular weight excluding hydrogens is 412 g/mol. The van der Waals surface area contributed by atoms with E-state index in [1.807, 2.05) is 18.2 Å². The third kappa shape index (κ3) is 4.33. The third-order valence-electron chi connectivity index (χ3n) is 2.86. The van der Waals surface area contributed by atoms with Gasteiger partial charge in [-0.25, -0.2) is 0 Å². The first-order chi connectivity index (χ1) is 9.10. The van der Waals surface area contributed by atoms with Crippen molar-refractivity contribution in [1.82, 2.24) is 5.32 Å². The molecule has 2 rings (SSSR count). The maximum absolute atomic E-state index is 6.07. The van der Waals surface area contributed by atoms with Gasteiger partial charge >= 0.3 is 0 Å². The third-order valence-corrected chi connectivity index (χ3v) is 5.41. The zero-order chi connectivity index (χ0) is 13.8. The molecule has 1 nitrogen and oxygen atoms in total. The summed E-state index contributed by atoms with van der Waals surface area (Å²) in [4.78, 5) is 0. The lowest BCUT2D eigenvalue weighted by Gasteiger charge is -2.17. The normalized spacial score (nSPS) is 12.6. The van der Waals surface area contributed by atoms with Crippen LogP contribution in [0.15, 0.2) is 29.6 Å². The molecule has 1 unspecified atom stereocenters. The van der Waals surface area contributed by atoms with Crippen LogP contribution in [0.25, 0.3) is 0 Å². The molecule has 0 aliphatic carbocycles. The number of nitrogens with one attached hydrogen (secondary N) is 1. The molecule has 0 aliphatic heterocycles. The molecule has 19 heavy (non-hydrogen) atoms. The van der Waals surface area contributed by atoms with Crippen LogP contribution >= 0.6 is 57.1 Å². The smallest absolute Gasteiger partial charge is 0.0656 e. The van der Waals surface area contributed by atoms with Gasteiger partial charge < -0.3 is 5.32 Å². The molecular formula is C14H14Cl2INS. The van der Waals surface area contributed by atoms with Crippen LogP contribution in [0, 0.1) is 2.88 Å². The predicted octanol–water partition coefficient (Wildman–Crippen LogP) is 5.55. The van der Waals surface area contributed by atoms with Crippen molar-refractivity contribution in [2.24, 2.45) is 0 Å². The van der Waals surface area contributed by atoms with Gasteiger partial charge in [-0.1, -0.05) is 36.2 Å². The first kappa shape index (κ1) is 15.6. The molecule has 0 saturated carbocycles. The second-order valence-corrected chi connectivity index (χ2v) is 7.87. The van der Waals surface area contributed by atoms with Gasteiger partial charge in [0.1, 0.15) is 0 Å². The van der Waals surface area contributed by atoms with E-state index in [1.165, 1.54) is 14.0 Å². The lowest BCUT2D eigenvalue weighted by molar-refractivity contribution is 0.551. The summed E-state index contributed by atoms with van der Waals surface area (Å²) in [7, 11) is 0. The van der Waals surface area contributed by atoms with Gasteiger partial charge in [-0.3, -0.25) is 0 Å². The monoisotopic (exact) mass is 425 g/mol. The Hall–Kier alpha value is 0.190. The van der Waals surface area contributed by atoms with Gasteiger partial charge in [-0.05, 0) is 70.3 Å². The number of hydrogen-bond acceptors (Lipinski definition) is 2.